The molecule has 2 heterocycles. The summed E-state index contributed by atoms with van der Waals surface area (Å²) in [4.78, 5) is 33.6. The second kappa shape index (κ2) is 8.11. The molecule has 25 heavy (non-hydrogen) atoms. The van der Waals surface area contributed by atoms with Gasteiger partial charge in [-0.2, -0.15) is 4.98 Å². The first-order valence-corrected chi connectivity index (χ1v) is 8.60. The molecule has 9 heteroatoms. The van der Waals surface area contributed by atoms with E-state index in [0.717, 1.165) is 25.7 Å². The Morgan fingerprint density at radius 3 is 2.64 bits per heavy atom. The number of hydrogen-bond acceptors (Lipinski definition) is 7. The molecule has 1 aromatic rings. The molecule has 1 aliphatic carbocycles. The Bertz CT molecular complexity index is 627. The van der Waals surface area contributed by atoms with Crippen molar-refractivity contribution in [3.05, 3.63) is 11.8 Å². The SMILES string of the molecule is O=C(CNc1cc(C(=O)O)nc(N2CCOCC2)n1)NC1CCCC1. The molecule has 2 fully saturated rings. The highest BCUT2D eigenvalue weighted by molar-refractivity contribution is 5.87. The summed E-state index contributed by atoms with van der Waals surface area (Å²) in [5.41, 5.74) is -0.102. The number of ether oxygens (including phenoxy) is 1. The molecular weight excluding hydrogens is 326 g/mol. The molecule has 1 amide bonds. The summed E-state index contributed by atoms with van der Waals surface area (Å²) in [6, 6.07) is 1.59. The van der Waals surface area contributed by atoms with E-state index in [0.29, 0.717) is 38.1 Å². The van der Waals surface area contributed by atoms with Crippen LogP contribution in [0.3, 0.4) is 0 Å². The number of carbonyl (C=O) groups is 2. The Labute approximate surface area is 145 Å². The molecule has 3 rings (SSSR count). The highest BCUT2D eigenvalue weighted by atomic mass is 16.5. The molecule has 0 atom stereocenters. The summed E-state index contributed by atoms with van der Waals surface area (Å²) < 4.78 is 5.29. The van der Waals surface area contributed by atoms with E-state index in [1.165, 1.54) is 6.07 Å². The molecule has 0 spiro atoms. The van der Waals surface area contributed by atoms with Crippen LogP contribution in [0.1, 0.15) is 36.2 Å². The summed E-state index contributed by atoms with van der Waals surface area (Å²) >= 11 is 0. The van der Waals surface area contributed by atoms with Crippen molar-refractivity contribution < 1.29 is 19.4 Å². The number of nitrogens with one attached hydrogen (secondary N) is 2. The number of nitrogens with zero attached hydrogens (tertiary/aromatic N) is 3. The van der Waals surface area contributed by atoms with Gasteiger partial charge >= 0.3 is 5.97 Å². The molecular formula is C16H23N5O4. The summed E-state index contributed by atoms with van der Waals surface area (Å²) in [6.45, 7) is 2.35. The van der Waals surface area contributed by atoms with Crippen molar-refractivity contribution in [1.29, 1.82) is 0 Å². The number of aromatic carboxylic acids is 1. The molecule has 3 N–H and O–H groups in total. The van der Waals surface area contributed by atoms with E-state index in [1.54, 1.807) is 0 Å². The van der Waals surface area contributed by atoms with E-state index < -0.39 is 5.97 Å². The molecule has 136 valence electrons. The lowest BCUT2D eigenvalue weighted by Gasteiger charge is -2.27. The van der Waals surface area contributed by atoms with Crippen molar-refractivity contribution in [2.24, 2.45) is 0 Å². The predicted molar refractivity (Wildman–Crippen MR) is 90.9 cm³/mol. The van der Waals surface area contributed by atoms with E-state index in [2.05, 4.69) is 20.6 Å². The fourth-order valence-electron chi connectivity index (χ4n) is 3.06. The average Bonchev–Trinajstić information content (AvgIpc) is 3.13. The number of hydrogen-bond donors (Lipinski definition) is 3. The van der Waals surface area contributed by atoms with Gasteiger partial charge in [-0.15, -0.1) is 0 Å². The molecule has 1 saturated carbocycles. The first-order chi connectivity index (χ1) is 12.1. The fourth-order valence-corrected chi connectivity index (χ4v) is 3.06. The molecule has 9 nitrogen and oxygen atoms in total. The summed E-state index contributed by atoms with van der Waals surface area (Å²) in [7, 11) is 0. The quantitative estimate of drug-likeness (QED) is 0.679. The minimum Gasteiger partial charge on any atom is -0.477 e. The molecule has 2 aliphatic rings. The Balaban J connectivity index is 1.65. The van der Waals surface area contributed by atoms with E-state index >= 15 is 0 Å². The van der Waals surface area contributed by atoms with E-state index in [-0.39, 0.29) is 24.2 Å². The van der Waals surface area contributed by atoms with E-state index in [4.69, 9.17) is 4.74 Å². The standard InChI is InChI=1S/C16H23N5O4/c22-14(18-11-3-1-2-4-11)10-17-13-9-12(15(23)24)19-16(20-13)21-5-7-25-8-6-21/h9,11H,1-8,10H2,(H,18,22)(H,23,24)(H,17,19,20). The van der Waals surface area contributed by atoms with Crippen LogP contribution in [0.15, 0.2) is 6.07 Å². The maximum atomic E-state index is 12.0. The number of amides is 1. The fraction of sp³-hybridized carbons (Fsp3) is 0.625. The Morgan fingerprint density at radius 2 is 1.96 bits per heavy atom. The lowest BCUT2D eigenvalue weighted by molar-refractivity contribution is -0.120. The number of morpholine rings is 1. The maximum Gasteiger partial charge on any atom is 0.354 e. The topological polar surface area (TPSA) is 117 Å². The molecule has 0 aromatic carbocycles. The minimum atomic E-state index is -1.13. The normalized spacial score (nSPS) is 18.2. The number of carbonyl (C=O) groups excluding carboxylic acids is 1. The summed E-state index contributed by atoms with van der Waals surface area (Å²) in [5.74, 6) is -0.581. The lowest BCUT2D eigenvalue weighted by atomic mass is 10.2. The van der Waals surface area contributed by atoms with Crippen LogP contribution in [-0.2, 0) is 9.53 Å². The highest BCUT2D eigenvalue weighted by Gasteiger charge is 2.19. The third-order valence-corrected chi connectivity index (χ3v) is 4.38. The summed E-state index contributed by atoms with van der Waals surface area (Å²) in [6.07, 6.45) is 4.33. The van der Waals surface area contributed by atoms with Gasteiger partial charge in [0.05, 0.1) is 19.8 Å². The van der Waals surface area contributed by atoms with Gasteiger partial charge in [0.25, 0.3) is 0 Å². The lowest BCUT2D eigenvalue weighted by Crippen LogP contribution is -2.38. The van der Waals surface area contributed by atoms with Crippen molar-refractivity contribution in [1.82, 2.24) is 15.3 Å². The van der Waals surface area contributed by atoms with Gasteiger partial charge in [-0.3, -0.25) is 4.79 Å². The van der Waals surface area contributed by atoms with Gasteiger partial charge in [0.2, 0.25) is 11.9 Å². The van der Waals surface area contributed by atoms with Gasteiger partial charge in [0, 0.05) is 25.2 Å². The van der Waals surface area contributed by atoms with Crippen LogP contribution in [0.5, 0.6) is 0 Å². The van der Waals surface area contributed by atoms with Crippen LogP contribution >= 0.6 is 0 Å². The first-order valence-electron chi connectivity index (χ1n) is 8.60. The zero-order valence-corrected chi connectivity index (χ0v) is 14.0. The van der Waals surface area contributed by atoms with Crippen LogP contribution in [0.25, 0.3) is 0 Å². The van der Waals surface area contributed by atoms with Crippen molar-refractivity contribution in [3.8, 4) is 0 Å². The number of carboxylic acids is 1. The van der Waals surface area contributed by atoms with Crippen LogP contribution in [0.2, 0.25) is 0 Å². The monoisotopic (exact) mass is 349 g/mol. The Morgan fingerprint density at radius 1 is 1.24 bits per heavy atom. The largest absolute Gasteiger partial charge is 0.477 e. The summed E-state index contributed by atoms with van der Waals surface area (Å²) in [5, 5.41) is 15.1. The number of aromatic nitrogens is 2. The minimum absolute atomic E-state index is 0.0507. The van der Waals surface area contributed by atoms with Gasteiger partial charge in [-0.05, 0) is 12.8 Å². The predicted octanol–water partition coefficient (Wildman–Crippen LogP) is 0.482. The third-order valence-electron chi connectivity index (χ3n) is 4.38. The average molecular weight is 349 g/mol. The zero-order chi connectivity index (χ0) is 17.6. The van der Waals surface area contributed by atoms with Gasteiger partial charge in [0.1, 0.15) is 5.82 Å². The highest BCUT2D eigenvalue weighted by Crippen LogP contribution is 2.18. The van der Waals surface area contributed by atoms with Gasteiger partial charge in [-0.25, -0.2) is 9.78 Å². The second-order valence-electron chi connectivity index (χ2n) is 6.25. The van der Waals surface area contributed by atoms with Crippen molar-refractivity contribution in [3.63, 3.8) is 0 Å². The number of carboxylic acid groups (broad SMARTS) is 1. The zero-order valence-electron chi connectivity index (χ0n) is 14.0. The molecule has 1 aliphatic heterocycles. The number of rotatable bonds is 6. The first kappa shape index (κ1) is 17.4. The Kier molecular flexibility index (Phi) is 5.64. The molecule has 1 saturated heterocycles. The van der Waals surface area contributed by atoms with Crippen LogP contribution in [0.4, 0.5) is 11.8 Å². The van der Waals surface area contributed by atoms with Crippen LogP contribution in [-0.4, -0.2) is 65.8 Å². The van der Waals surface area contributed by atoms with Crippen LogP contribution < -0.4 is 15.5 Å². The van der Waals surface area contributed by atoms with E-state index in [1.807, 2.05) is 4.90 Å². The Hall–Kier alpha value is -2.42. The van der Waals surface area contributed by atoms with Gasteiger partial charge in [-0.1, -0.05) is 12.8 Å². The molecule has 0 unspecified atom stereocenters. The van der Waals surface area contributed by atoms with Crippen LogP contribution in [0, 0.1) is 0 Å². The molecule has 0 bridgehead atoms. The van der Waals surface area contributed by atoms with E-state index in [9.17, 15) is 14.7 Å². The van der Waals surface area contributed by atoms with Crippen molar-refractivity contribution in [2.75, 3.05) is 43.1 Å². The maximum absolute atomic E-state index is 12.0. The van der Waals surface area contributed by atoms with Gasteiger partial charge < -0.3 is 25.4 Å². The number of anilines is 2. The second-order valence-corrected chi connectivity index (χ2v) is 6.25. The molecule has 0 radical (unpaired) electrons. The smallest absolute Gasteiger partial charge is 0.354 e. The van der Waals surface area contributed by atoms with Crippen molar-refractivity contribution in [2.45, 2.75) is 31.7 Å². The van der Waals surface area contributed by atoms with Gasteiger partial charge in [0.15, 0.2) is 5.69 Å². The van der Waals surface area contributed by atoms with Crippen molar-refractivity contribution >= 4 is 23.6 Å². The third kappa shape index (κ3) is 4.79. The molecule has 1 aromatic heterocycles.